The van der Waals surface area contributed by atoms with E-state index in [2.05, 4.69) is 69.6 Å². The summed E-state index contributed by atoms with van der Waals surface area (Å²) < 4.78 is 0. The predicted octanol–water partition coefficient (Wildman–Crippen LogP) is 4.86. The third-order valence-electron chi connectivity index (χ3n) is 3.64. The van der Waals surface area contributed by atoms with E-state index in [-0.39, 0.29) is 0 Å². The van der Waals surface area contributed by atoms with Crippen LogP contribution < -0.4 is 0 Å². The Bertz CT molecular complexity index is 741. The lowest BCUT2D eigenvalue weighted by Crippen LogP contribution is -2.17. The maximum absolute atomic E-state index is 3.46. The predicted molar refractivity (Wildman–Crippen MR) is 96.7 cm³/mol. The minimum Gasteiger partial charge on any atom is -0.108 e. The lowest BCUT2D eigenvalue weighted by molar-refractivity contribution is 0.978. The highest BCUT2D eigenvalue weighted by molar-refractivity contribution is 7.19. The molecule has 3 aromatic carbocycles. The molecule has 0 saturated carbocycles. The van der Waals surface area contributed by atoms with Gasteiger partial charge < -0.3 is 0 Å². The Balaban J connectivity index is 2.11. The Morgan fingerprint density at radius 1 is 0.591 bits per heavy atom. The maximum atomic E-state index is 3.46. The van der Waals surface area contributed by atoms with Gasteiger partial charge >= 0.3 is 0 Å². The molecule has 0 aliphatic rings. The van der Waals surface area contributed by atoms with Crippen LogP contribution in [0.1, 0.15) is 16.7 Å². The van der Waals surface area contributed by atoms with E-state index in [1.165, 1.54) is 11.1 Å². The SMILES string of the molecule is PC(C#Cc1ccccc1)(c1ccccc1)c1ccccc1. The molecule has 0 amide bonds. The lowest BCUT2D eigenvalue weighted by Gasteiger charge is -2.24. The van der Waals surface area contributed by atoms with Gasteiger partial charge in [0.1, 0.15) is 0 Å². The van der Waals surface area contributed by atoms with Gasteiger partial charge in [-0.25, -0.2) is 0 Å². The first-order valence-corrected chi connectivity index (χ1v) is 7.85. The summed E-state index contributed by atoms with van der Waals surface area (Å²) in [5, 5.41) is -0.404. The molecule has 0 aliphatic heterocycles. The van der Waals surface area contributed by atoms with Crippen LogP contribution in [0.5, 0.6) is 0 Å². The molecule has 1 heteroatoms. The molecule has 0 nitrogen and oxygen atoms in total. The second-order valence-corrected chi connectivity index (χ2v) is 6.02. The second-order valence-electron chi connectivity index (χ2n) is 5.16. The third-order valence-corrected chi connectivity index (χ3v) is 4.45. The summed E-state index contributed by atoms with van der Waals surface area (Å²) in [4.78, 5) is 0. The summed E-state index contributed by atoms with van der Waals surface area (Å²) in [6, 6.07) is 30.9. The largest absolute Gasteiger partial charge is 0.108 e. The minimum absolute atomic E-state index is 0.404. The van der Waals surface area contributed by atoms with E-state index >= 15 is 0 Å². The summed E-state index contributed by atoms with van der Waals surface area (Å²) in [6.07, 6.45) is 0. The van der Waals surface area contributed by atoms with Crippen LogP contribution in [0.4, 0.5) is 0 Å². The first kappa shape index (κ1) is 14.6. The van der Waals surface area contributed by atoms with Crippen LogP contribution in [0.15, 0.2) is 91.0 Å². The van der Waals surface area contributed by atoms with Crippen molar-refractivity contribution in [3.8, 4) is 11.8 Å². The first-order chi connectivity index (χ1) is 10.8. The highest BCUT2D eigenvalue weighted by Gasteiger charge is 2.26. The van der Waals surface area contributed by atoms with Crippen LogP contribution >= 0.6 is 9.24 Å². The lowest BCUT2D eigenvalue weighted by atomic mass is 9.90. The van der Waals surface area contributed by atoms with Gasteiger partial charge in [0, 0.05) is 5.56 Å². The van der Waals surface area contributed by atoms with E-state index in [1.54, 1.807) is 0 Å². The molecule has 22 heavy (non-hydrogen) atoms. The molecule has 3 aromatic rings. The number of hydrogen-bond donors (Lipinski definition) is 0. The normalized spacial score (nSPS) is 10.6. The standard InChI is InChI=1S/C21H17P/c22-21(19-12-6-2-7-13-19,20-14-8-3-9-15-20)17-16-18-10-4-1-5-11-18/h1-15H,22H2. The molecule has 1 atom stereocenters. The molecule has 0 spiro atoms. The van der Waals surface area contributed by atoms with Crippen molar-refractivity contribution < 1.29 is 0 Å². The van der Waals surface area contributed by atoms with Gasteiger partial charge in [0.15, 0.2) is 0 Å². The van der Waals surface area contributed by atoms with Crippen LogP contribution in [-0.2, 0) is 5.16 Å². The molecule has 0 heterocycles. The zero-order chi connectivity index (χ0) is 15.3. The molecule has 0 aliphatic carbocycles. The second kappa shape index (κ2) is 6.61. The van der Waals surface area contributed by atoms with Crippen LogP contribution in [0.3, 0.4) is 0 Å². The van der Waals surface area contributed by atoms with Gasteiger partial charge in [-0.05, 0) is 23.3 Å². The maximum Gasteiger partial charge on any atom is 0.0950 e. The molecule has 0 radical (unpaired) electrons. The van der Waals surface area contributed by atoms with Crippen LogP contribution in [-0.4, -0.2) is 0 Å². The molecule has 0 aromatic heterocycles. The Morgan fingerprint density at radius 3 is 1.45 bits per heavy atom. The summed E-state index contributed by atoms with van der Waals surface area (Å²) in [5.74, 6) is 6.77. The number of hydrogen-bond acceptors (Lipinski definition) is 0. The van der Waals surface area contributed by atoms with Crippen molar-refractivity contribution in [2.45, 2.75) is 5.16 Å². The zero-order valence-electron chi connectivity index (χ0n) is 12.2. The average molecular weight is 300 g/mol. The Hall–Kier alpha value is -2.35. The fraction of sp³-hybridized carbons (Fsp3) is 0.0476. The van der Waals surface area contributed by atoms with E-state index in [9.17, 15) is 0 Å². The van der Waals surface area contributed by atoms with E-state index in [4.69, 9.17) is 0 Å². The molecular formula is C21H17P. The molecular weight excluding hydrogens is 283 g/mol. The van der Waals surface area contributed by atoms with Crippen molar-refractivity contribution >= 4 is 9.24 Å². The zero-order valence-corrected chi connectivity index (χ0v) is 13.4. The molecule has 106 valence electrons. The van der Waals surface area contributed by atoms with E-state index in [0.717, 1.165) is 5.56 Å². The van der Waals surface area contributed by atoms with Crippen LogP contribution in [0.25, 0.3) is 0 Å². The van der Waals surface area contributed by atoms with Crippen LogP contribution in [0, 0.1) is 11.8 Å². The molecule has 0 bridgehead atoms. The van der Waals surface area contributed by atoms with Gasteiger partial charge in [0.25, 0.3) is 0 Å². The van der Waals surface area contributed by atoms with Gasteiger partial charge in [-0.1, -0.05) is 90.7 Å². The monoisotopic (exact) mass is 300 g/mol. The summed E-state index contributed by atoms with van der Waals surface area (Å²) >= 11 is 0. The highest BCUT2D eigenvalue weighted by atomic mass is 31.0. The van der Waals surface area contributed by atoms with E-state index in [0.29, 0.717) is 0 Å². The fourth-order valence-electron chi connectivity index (χ4n) is 2.41. The summed E-state index contributed by atoms with van der Waals surface area (Å²) in [6.45, 7) is 0. The molecule has 3 rings (SSSR count). The Labute approximate surface area is 134 Å². The number of rotatable bonds is 2. The van der Waals surface area contributed by atoms with Crippen molar-refractivity contribution in [1.82, 2.24) is 0 Å². The van der Waals surface area contributed by atoms with Gasteiger partial charge in [0.2, 0.25) is 0 Å². The molecule has 0 fully saturated rings. The minimum atomic E-state index is -0.404. The van der Waals surface area contributed by atoms with Gasteiger partial charge in [-0.3, -0.25) is 0 Å². The number of benzene rings is 3. The van der Waals surface area contributed by atoms with Gasteiger partial charge in [-0.2, -0.15) is 0 Å². The van der Waals surface area contributed by atoms with E-state index in [1.807, 2.05) is 42.5 Å². The van der Waals surface area contributed by atoms with Crippen molar-refractivity contribution in [3.63, 3.8) is 0 Å². The highest BCUT2D eigenvalue weighted by Crippen LogP contribution is 2.38. The topological polar surface area (TPSA) is 0 Å². The first-order valence-electron chi connectivity index (χ1n) is 7.27. The van der Waals surface area contributed by atoms with Gasteiger partial charge in [-0.15, -0.1) is 9.24 Å². The molecule has 0 N–H and O–H groups in total. The third kappa shape index (κ3) is 3.11. The average Bonchev–Trinajstić information content (AvgIpc) is 2.62. The van der Waals surface area contributed by atoms with E-state index < -0.39 is 5.16 Å². The fourth-order valence-corrected chi connectivity index (χ4v) is 2.86. The Morgan fingerprint density at radius 2 is 1.00 bits per heavy atom. The van der Waals surface area contributed by atoms with Crippen molar-refractivity contribution in [2.75, 3.05) is 0 Å². The van der Waals surface area contributed by atoms with Gasteiger partial charge in [0.05, 0.1) is 5.16 Å². The molecule has 0 saturated heterocycles. The summed E-state index contributed by atoms with van der Waals surface area (Å²) in [5.41, 5.74) is 3.38. The smallest absolute Gasteiger partial charge is 0.0950 e. The quantitative estimate of drug-likeness (QED) is 0.468. The Kier molecular flexibility index (Phi) is 4.38. The van der Waals surface area contributed by atoms with Crippen molar-refractivity contribution in [2.24, 2.45) is 0 Å². The summed E-state index contributed by atoms with van der Waals surface area (Å²) in [7, 11) is 2.94. The van der Waals surface area contributed by atoms with Crippen molar-refractivity contribution in [1.29, 1.82) is 0 Å². The molecule has 1 unspecified atom stereocenters. The van der Waals surface area contributed by atoms with Crippen molar-refractivity contribution in [3.05, 3.63) is 108 Å². The van der Waals surface area contributed by atoms with Crippen LogP contribution in [0.2, 0.25) is 0 Å².